The molecule has 0 unspecified atom stereocenters. The quantitative estimate of drug-likeness (QED) is 0.858. The van der Waals surface area contributed by atoms with Crippen LogP contribution in [0.3, 0.4) is 0 Å². The zero-order valence-electron chi connectivity index (χ0n) is 13.3. The molecule has 2 aromatic carbocycles. The lowest BCUT2D eigenvalue weighted by molar-refractivity contribution is -0.136. The van der Waals surface area contributed by atoms with Crippen LogP contribution < -0.4 is 10.0 Å². The molecule has 0 bridgehead atoms. The lowest BCUT2D eigenvalue weighted by atomic mass is 10.1. The second kappa shape index (κ2) is 6.75. The fourth-order valence-electron chi connectivity index (χ4n) is 2.07. The number of hydrogen-bond donors (Lipinski definition) is 2. The lowest BCUT2D eigenvalue weighted by Gasteiger charge is -2.15. The first-order chi connectivity index (χ1) is 11.5. The highest BCUT2D eigenvalue weighted by molar-refractivity contribution is 7.92. The Labute approximate surface area is 142 Å². The Bertz CT molecular complexity index is 892. The molecule has 0 spiro atoms. The third-order valence-electron chi connectivity index (χ3n) is 3.22. The van der Waals surface area contributed by atoms with Crippen molar-refractivity contribution >= 4 is 27.3 Å². The van der Waals surface area contributed by atoms with Crippen molar-refractivity contribution in [3.8, 4) is 0 Å². The summed E-state index contributed by atoms with van der Waals surface area (Å²) in [5, 5.41) is 2.07. The highest BCUT2D eigenvalue weighted by Gasteiger charge is 2.34. The van der Waals surface area contributed by atoms with Crippen molar-refractivity contribution in [3.63, 3.8) is 0 Å². The van der Waals surface area contributed by atoms with E-state index in [9.17, 15) is 26.4 Å². The molecular weight excluding hydrogens is 357 g/mol. The minimum atomic E-state index is -4.76. The van der Waals surface area contributed by atoms with Gasteiger partial charge in [-0.15, -0.1) is 0 Å². The third kappa shape index (κ3) is 4.72. The molecule has 0 aliphatic heterocycles. The predicted molar refractivity (Wildman–Crippen MR) is 87.7 cm³/mol. The maximum Gasteiger partial charge on any atom is 0.418 e. The van der Waals surface area contributed by atoms with Crippen molar-refractivity contribution in [1.29, 1.82) is 0 Å². The number of carbonyl (C=O) groups excluding carboxylic acids is 1. The molecule has 9 heteroatoms. The molecule has 2 N–H and O–H groups in total. The fourth-order valence-corrected chi connectivity index (χ4v) is 3.12. The first-order valence-corrected chi connectivity index (χ1v) is 8.56. The number of alkyl halides is 3. The molecule has 0 saturated carbocycles. The Morgan fingerprint density at radius 1 is 1.04 bits per heavy atom. The number of amides is 1. The molecule has 0 fully saturated rings. The van der Waals surface area contributed by atoms with E-state index in [0.717, 1.165) is 24.6 Å². The highest BCUT2D eigenvalue weighted by atomic mass is 32.2. The molecule has 0 saturated heterocycles. The minimum absolute atomic E-state index is 0.0717. The van der Waals surface area contributed by atoms with Crippen LogP contribution in [0.1, 0.15) is 18.1 Å². The molecule has 0 radical (unpaired) electrons. The van der Waals surface area contributed by atoms with E-state index >= 15 is 0 Å². The molecule has 25 heavy (non-hydrogen) atoms. The van der Waals surface area contributed by atoms with Crippen molar-refractivity contribution < 1.29 is 26.4 Å². The van der Waals surface area contributed by atoms with E-state index in [-0.39, 0.29) is 10.6 Å². The van der Waals surface area contributed by atoms with Gasteiger partial charge in [-0.2, -0.15) is 13.2 Å². The summed E-state index contributed by atoms with van der Waals surface area (Å²) in [6, 6.07) is 8.65. The van der Waals surface area contributed by atoms with Gasteiger partial charge in [-0.1, -0.05) is 17.7 Å². The van der Waals surface area contributed by atoms with Crippen LogP contribution in [0.25, 0.3) is 0 Å². The fraction of sp³-hybridized carbons (Fsp3) is 0.188. The molecule has 5 nitrogen and oxygen atoms in total. The molecule has 0 aromatic heterocycles. The monoisotopic (exact) mass is 372 g/mol. The van der Waals surface area contributed by atoms with Gasteiger partial charge in [-0.25, -0.2) is 8.42 Å². The second-order valence-corrected chi connectivity index (χ2v) is 7.04. The van der Waals surface area contributed by atoms with Gasteiger partial charge in [-0.05, 0) is 37.3 Å². The minimum Gasteiger partial charge on any atom is -0.326 e. The highest BCUT2D eigenvalue weighted by Crippen LogP contribution is 2.37. The summed E-state index contributed by atoms with van der Waals surface area (Å²) in [4.78, 5) is 11.0. The van der Waals surface area contributed by atoms with Crippen molar-refractivity contribution in [2.75, 3.05) is 10.0 Å². The molecular formula is C16H15F3N2O3S. The van der Waals surface area contributed by atoms with Gasteiger partial charge in [0, 0.05) is 12.6 Å². The summed E-state index contributed by atoms with van der Waals surface area (Å²) < 4.78 is 66.1. The number of nitrogens with one attached hydrogen (secondary N) is 2. The summed E-state index contributed by atoms with van der Waals surface area (Å²) in [5.74, 6) is -0.668. The number of hydrogen-bond acceptors (Lipinski definition) is 3. The van der Waals surface area contributed by atoms with E-state index in [4.69, 9.17) is 0 Å². The maximum atomic E-state index is 13.2. The van der Waals surface area contributed by atoms with Gasteiger partial charge in [0.1, 0.15) is 0 Å². The number of halogens is 3. The topological polar surface area (TPSA) is 75.3 Å². The smallest absolute Gasteiger partial charge is 0.326 e. The summed E-state index contributed by atoms with van der Waals surface area (Å²) >= 11 is 0. The zero-order chi connectivity index (χ0) is 18.8. The second-order valence-electron chi connectivity index (χ2n) is 5.36. The van der Waals surface area contributed by atoms with Gasteiger partial charge >= 0.3 is 6.18 Å². The molecule has 1 amide bonds. The van der Waals surface area contributed by atoms with E-state index in [1.54, 1.807) is 19.1 Å². The number of aryl methyl sites for hydroxylation is 1. The van der Waals surface area contributed by atoms with Crippen LogP contribution in [-0.4, -0.2) is 14.3 Å². The van der Waals surface area contributed by atoms with Gasteiger partial charge in [0.05, 0.1) is 16.1 Å². The SMILES string of the molecule is CC(=O)Nc1ccc(NS(=O)(=O)c2ccc(C)cc2)cc1C(F)(F)F. The summed E-state index contributed by atoms with van der Waals surface area (Å²) in [7, 11) is -4.03. The molecule has 0 aliphatic rings. The number of anilines is 2. The van der Waals surface area contributed by atoms with Gasteiger partial charge in [0.25, 0.3) is 10.0 Å². The summed E-state index contributed by atoms with van der Waals surface area (Å²) in [6.07, 6.45) is -4.76. The Morgan fingerprint density at radius 2 is 1.64 bits per heavy atom. The van der Waals surface area contributed by atoms with Gasteiger partial charge < -0.3 is 5.32 Å². The van der Waals surface area contributed by atoms with Crippen LogP contribution in [0.2, 0.25) is 0 Å². The van der Waals surface area contributed by atoms with E-state index in [2.05, 4.69) is 10.0 Å². The van der Waals surface area contributed by atoms with Crippen LogP contribution in [-0.2, 0) is 21.0 Å². The van der Waals surface area contributed by atoms with Crippen molar-refractivity contribution in [2.24, 2.45) is 0 Å². The van der Waals surface area contributed by atoms with Gasteiger partial charge in [-0.3, -0.25) is 9.52 Å². The Kier molecular flexibility index (Phi) is 5.07. The molecule has 134 valence electrons. The van der Waals surface area contributed by atoms with E-state index in [0.29, 0.717) is 6.07 Å². The third-order valence-corrected chi connectivity index (χ3v) is 4.62. The predicted octanol–water partition coefficient (Wildman–Crippen LogP) is 3.77. The number of sulfonamides is 1. The van der Waals surface area contributed by atoms with E-state index < -0.39 is 33.4 Å². The average molecular weight is 372 g/mol. The van der Waals surface area contributed by atoms with Gasteiger partial charge in [0.15, 0.2) is 0 Å². The van der Waals surface area contributed by atoms with Crippen LogP contribution in [0, 0.1) is 6.92 Å². The summed E-state index contributed by atoms with van der Waals surface area (Å²) in [5.41, 5.74) is -1.01. The van der Waals surface area contributed by atoms with Crippen molar-refractivity contribution in [1.82, 2.24) is 0 Å². The van der Waals surface area contributed by atoms with Crippen LogP contribution in [0.4, 0.5) is 24.5 Å². The number of rotatable bonds is 4. The first kappa shape index (κ1) is 18.8. The lowest BCUT2D eigenvalue weighted by Crippen LogP contribution is -2.16. The largest absolute Gasteiger partial charge is 0.418 e. The van der Waals surface area contributed by atoms with Crippen LogP contribution in [0.5, 0.6) is 0 Å². The molecule has 0 heterocycles. The molecule has 0 atom stereocenters. The Hall–Kier alpha value is -2.55. The maximum absolute atomic E-state index is 13.2. The Morgan fingerprint density at radius 3 is 2.16 bits per heavy atom. The average Bonchev–Trinajstić information content (AvgIpc) is 2.47. The number of carbonyl (C=O) groups is 1. The molecule has 2 aromatic rings. The van der Waals surface area contributed by atoms with Crippen molar-refractivity contribution in [2.45, 2.75) is 24.9 Å². The Balaban J connectivity index is 2.40. The van der Waals surface area contributed by atoms with E-state index in [1.807, 2.05) is 0 Å². The molecule has 2 rings (SSSR count). The molecule has 0 aliphatic carbocycles. The zero-order valence-corrected chi connectivity index (χ0v) is 14.1. The van der Waals surface area contributed by atoms with E-state index in [1.165, 1.54) is 12.1 Å². The van der Waals surface area contributed by atoms with Crippen LogP contribution >= 0.6 is 0 Å². The van der Waals surface area contributed by atoms with Gasteiger partial charge in [0.2, 0.25) is 5.91 Å². The first-order valence-electron chi connectivity index (χ1n) is 7.07. The normalized spacial score (nSPS) is 11.9. The number of benzene rings is 2. The summed E-state index contributed by atoms with van der Waals surface area (Å²) in [6.45, 7) is 2.86. The standard InChI is InChI=1S/C16H15F3N2O3S/c1-10-3-6-13(7-4-10)25(23,24)21-12-5-8-15(20-11(2)22)14(9-12)16(17,18)19/h3-9,21H,1-2H3,(H,20,22). The van der Waals surface area contributed by atoms with Crippen molar-refractivity contribution in [3.05, 3.63) is 53.6 Å². The van der Waals surface area contributed by atoms with Crippen LogP contribution in [0.15, 0.2) is 47.4 Å².